The van der Waals surface area contributed by atoms with Gasteiger partial charge in [0, 0.05) is 10.7 Å². The molecule has 0 saturated carbocycles. The number of rotatable bonds is 1. The fourth-order valence-electron chi connectivity index (χ4n) is 0.890. The standard InChI is InChI=1S/C7H3BrF3NO3/c8-3-1-4(6(14)15)5(13)12(2-3)7(9,10)11/h1-2H,(H,14,15). The highest BCUT2D eigenvalue weighted by atomic mass is 79.9. The monoisotopic (exact) mass is 285 g/mol. The second-order valence-corrected chi connectivity index (χ2v) is 3.44. The molecular weight excluding hydrogens is 283 g/mol. The van der Waals surface area contributed by atoms with Crippen molar-refractivity contribution in [2.45, 2.75) is 6.30 Å². The number of aromatic carboxylic acids is 1. The molecule has 1 rings (SSSR count). The first-order valence-electron chi connectivity index (χ1n) is 3.46. The van der Waals surface area contributed by atoms with Crippen LogP contribution in [-0.2, 0) is 6.30 Å². The van der Waals surface area contributed by atoms with E-state index in [0.717, 1.165) is 6.07 Å². The predicted molar refractivity (Wildman–Crippen MR) is 46.7 cm³/mol. The fraction of sp³-hybridized carbons (Fsp3) is 0.143. The maximum Gasteiger partial charge on any atom is 0.491 e. The summed E-state index contributed by atoms with van der Waals surface area (Å²) in [5.41, 5.74) is -2.56. The summed E-state index contributed by atoms with van der Waals surface area (Å²) in [5.74, 6) is -1.71. The van der Waals surface area contributed by atoms with E-state index >= 15 is 0 Å². The third kappa shape index (κ3) is 2.38. The van der Waals surface area contributed by atoms with Crippen LogP contribution in [0.4, 0.5) is 13.2 Å². The van der Waals surface area contributed by atoms with Crippen molar-refractivity contribution in [1.29, 1.82) is 0 Å². The van der Waals surface area contributed by atoms with Gasteiger partial charge in [-0.05, 0) is 22.0 Å². The summed E-state index contributed by atoms with van der Waals surface area (Å²) >= 11 is 2.68. The van der Waals surface area contributed by atoms with Gasteiger partial charge in [-0.2, -0.15) is 0 Å². The smallest absolute Gasteiger partial charge is 0.477 e. The number of aromatic nitrogens is 1. The highest BCUT2D eigenvalue weighted by molar-refractivity contribution is 9.10. The number of hydrogen-bond donors (Lipinski definition) is 1. The molecule has 0 atom stereocenters. The molecule has 0 bridgehead atoms. The average Bonchev–Trinajstić information content (AvgIpc) is 2.06. The maximum absolute atomic E-state index is 12.2. The number of nitrogens with zero attached hydrogens (tertiary/aromatic N) is 1. The molecule has 1 heterocycles. The average molecular weight is 286 g/mol. The first-order valence-corrected chi connectivity index (χ1v) is 4.25. The van der Waals surface area contributed by atoms with Crippen molar-refractivity contribution >= 4 is 21.9 Å². The Morgan fingerprint density at radius 2 is 2.00 bits per heavy atom. The number of carboxylic acid groups (broad SMARTS) is 1. The van der Waals surface area contributed by atoms with Gasteiger partial charge in [0.05, 0.1) is 0 Å². The number of carbonyl (C=O) groups is 1. The second-order valence-electron chi connectivity index (χ2n) is 2.52. The van der Waals surface area contributed by atoms with E-state index in [0.29, 0.717) is 6.20 Å². The summed E-state index contributed by atoms with van der Waals surface area (Å²) in [6.07, 6.45) is -4.47. The van der Waals surface area contributed by atoms with E-state index in [9.17, 15) is 22.8 Å². The van der Waals surface area contributed by atoms with Crippen LogP contribution in [0.5, 0.6) is 0 Å². The molecule has 1 aromatic rings. The van der Waals surface area contributed by atoms with E-state index < -0.39 is 28.0 Å². The molecule has 0 radical (unpaired) electrons. The lowest BCUT2D eigenvalue weighted by Gasteiger charge is -2.10. The molecule has 8 heteroatoms. The van der Waals surface area contributed by atoms with Crippen molar-refractivity contribution < 1.29 is 23.1 Å². The van der Waals surface area contributed by atoms with Crippen LogP contribution in [-0.4, -0.2) is 15.6 Å². The van der Waals surface area contributed by atoms with Gasteiger partial charge >= 0.3 is 12.3 Å². The molecule has 1 aromatic heterocycles. The van der Waals surface area contributed by atoms with Crippen LogP contribution in [0, 0.1) is 0 Å². The summed E-state index contributed by atoms with van der Waals surface area (Å²) in [7, 11) is 0. The van der Waals surface area contributed by atoms with Crippen LogP contribution in [0.1, 0.15) is 10.4 Å². The number of pyridine rings is 1. The minimum atomic E-state index is -4.94. The van der Waals surface area contributed by atoms with Crippen LogP contribution in [0.15, 0.2) is 21.5 Å². The molecule has 1 N–H and O–H groups in total. The van der Waals surface area contributed by atoms with Crippen molar-refractivity contribution in [2.24, 2.45) is 0 Å². The van der Waals surface area contributed by atoms with Gasteiger partial charge in [0.1, 0.15) is 5.56 Å². The van der Waals surface area contributed by atoms with E-state index in [2.05, 4.69) is 15.9 Å². The van der Waals surface area contributed by atoms with E-state index in [1.54, 1.807) is 0 Å². The van der Waals surface area contributed by atoms with Crippen molar-refractivity contribution in [1.82, 2.24) is 4.57 Å². The van der Waals surface area contributed by atoms with Crippen molar-refractivity contribution in [2.75, 3.05) is 0 Å². The van der Waals surface area contributed by atoms with Crippen molar-refractivity contribution in [3.8, 4) is 0 Å². The summed E-state index contributed by atoms with van der Waals surface area (Å²) in [6, 6.07) is 0.812. The topological polar surface area (TPSA) is 59.3 Å². The minimum absolute atomic E-state index is 0.142. The predicted octanol–water partition coefficient (Wildman–Crippen LogP) is 1.79. The number of carboxylic acids is 1. The van der Waals surface area contributed by atoms with Crippen molar-refractivity contribution in [3.63, 3.8) is 0 Å². The van der Waals surface area contributed by atoms with Crippen LogP contribution in [0.3, 0.4) is 0 Å². The Kier molecular flexibility index (Phi) is 2.89. The highest BCUT2D eigenvalue weighted by Crippen LogP contribution is 2.22. The second kappa shape index (κ2) is 3.69. The van der Waals surface area contributed by atoms with E-state index in [4.69, 9.17) is 5.11 Å². The molecule has 0 spiro atoms. The van der Waals surface area contributed by atoms with Crippen molar-refractivity contribution in [3.05, 3.63) is 32.7 Å². The minimum Gasteiger partial charge on any atom is -0.477 e. The van der Waals surface area contributed by atoms with Crippen LogP contribution < -0.4 is 5.56 Å². The summed E-state index contributed by atoms with van der Waals surface area (Å²) in [6.45, 7) is 0. The molecule has 82 valence electrons. The number of hydrogen-bond acceptors (Lipinski definition) is 2. The first-order chi connectivity index (χ1) is 6.73. The Labute approximate surface area is 89.1 Å². The van der Waals surface area contributed by atoms with E-state index in [1.165, 1.54) is 0 Å². The van der Waals surface area contributed by atoms with Gasteiger partial charge in [-0.15, -0.1) is 13.2 Å². The fourth-order valence-corrected chi connectivity index (χ4v) is 1.32. The molecule has 0 saturated heterocycles. The van der Waals surface area contributed by atoms with E-state index in [1.807, 2.05) is 0 Å². The number of alkyl halides is 3. The highest BCUT2D eigenvalue weighted by Gasteiger charge is 2.33. The Morgan fingerprint density at radius 3 is 2.40 bits per heavy atom. The molecule has 4 nitrogen and oxygen atoms in total. The molecule has 0 aliphatic carbocycles. The summed E-state index contributed by atoms with van der Waals surface area (Å²) in [4.78, 5) is 21.5. The first kappa shape index (κ1) is 11.8. The quantitative estimate of drug-likeness (QED) is 0.856. The van der Waals surface area contributed by atoms with Gasteiger partial charge in [-0.3, -0.25) is 4.79 Å². The van der Waals surface area contributed by atoms with Gasteiger partial charge < -0.3 is 5.11 Å². The Balaban J connectivity index is 3.57. The molecule has 0 fully saturated rings. The van der Waals surface area contributed by atoms with Gasteiger partial charge in [0.25, 0.3) is 5.56 Å². The van der Waals surface area contributed by atoms with Gasteiger partial charge in [0.2, 0.25) is 0 Å². The molecule has 0 amide bonds. The lowest BCUT2D eigenvalue weighted by Crippen LogP contribution is -2.33. The Morgan fingerprint density at radius 1 is 1.47 bits per heavy atom. The maximum atomic E-state index is 12.2. The normalized spacial score (nSPS) is 11.5. The van der Waals surface area contributed by atoms with Crippen LogP contribution in [0.25, 0.3) is 0 Å². The van der Waals surface area contributed by atoms with Gasteiger partial charge in [-0.1, -0.05) is 0 Å². The number of halogens is 4. The molecule has 0 aliphatic heterocycles. The zero-order valence-electron chi connectivity index (χ0n) is 6.88. The summed E-state index contributed by atoms with van der Waals surface area (Å²) in [5, 5.41) is 8.48. The zero-order valence-corrected chi connectivity index (χ0v) is 8.46. The Hall–Kier alpha value is -1.31. The van der Waals surface area contributed by atoms with Gasteiger partial charge in [0.15, 0.2) is 0 Å². The third-order valence-electron chi connectivity index (χ3n) is 1.49. The zero-order chi connectivity index (χ0) is 11.8. The molecule has 15 heavy (non-hydrogen) atoms. The Bertz CT molecular complexity index is 466. The van der Waals surface area contributed by atoms with Gasteiger partial charge in [-0.25, -0.2) is 9.36 Å². The summed E-state index contributed by atoms with van der Waals surface area (Å²) < 4.78 is 35.9. The molecule has 0 aromatic carbocycles. The lowest BCUT2D eigenvalue weighted by molar-refractivity contribution is -0.206. The van der Waals surface area contributed by atoms with E-state index in [-0.39, 0.29) is 4.47 Å². The SMILES string of the molecule is O=C(O)c1cc(Br)cn(C(F)(F)F)c1=O. The van der Waals surface area contributed by atoms with Crippen LogP contribution in [0.2, 0.25) is 0 Å². The molecular formula is C7H3BrF3NO3. The largest absolute Gasteiger partial charge is 0.491 e. The lowest BCUT2D eigenvalue weighted by atomic mass is 10.3. The molecule has 0 aliphatic rings. The third-order valence-corrected chi connectivity index (χ3v) is 1.92. The van der Waals surface area contributed by atoms with Crippen LogP contribution >= 0.6 is 15.9 Å². The molecule has 0 unspecified atom stereocenters.